The lowest BCUT2D eigenvalue weighted by atomic mass is 9.48. The van der Waals surface area contributed by atoms with Crippen LogP contribution in [0, 0.1) is 17.8 Å². The quantitative estimate of drug-likeness (QED) is 0.542. The summed E-state index contributed by atoms with van der Waals surface area (Å²) in [5.41, 5.74) is 4.08. The van der Waals surface area contributed by atoms with E-state index in [9.17, 15) is 9.90 Å². The number of methoxy groups -OCH3 is 1. The van der Waals surface area contributed by atoms with Crippen LogP contribution in [0.25, 0.3) is 5.57 Å². The van der Waals surface area contributed by atoms with Gasteiger partial charge < -0.3 is 9.84 Å². The molecule has 3 nitrogen and oxygen atoms in total. The van der Waals surface area contributed by atoms with E-state index in [0.29, 0.717) is 17.4 Å². The topological polar surface area (TPSA) is 46.5 Å². The molecule has 4 fully saturated rings. The van der Waals surface area contributed by atoms with Crippen molar-refractivity contribution in [3.63, 3.8) is 0 Å². The first-order valence-corrected chi connectivity index (χ1v) is 11.7. The zero-order valence-electron chi connectivity index (χ0n) is 18.3. The van der Waals surface area contributed by atoms with E-state index in [1.165, 1.54) is 49.7 Å². The first-order chi connectivity index (χ1) is 15.1. The molecule has 1 N–H and O–H groups in total. The number of hydrogen-bond donors (Lipinski definition) is 1. The molecule has 0 saturated heterocycles. The Morgan fingerprint density at radius 1 is 1.03 bits per heavy atom. The fraction of sp³-hybridized carbons (Fsp3) is 0.464. The van der Waals surface area contributed by atoms with E-state index in [0.717, 1.165) is 35.5 Å². The summed E-state index contributed by atoms with van der Waals surface area (Å²) >= 11 is 0. The van der Waals surface area contributed by atoms with Crippen LogP contribution in [0.3, 0.4) is 0 Å². The number of carboxylic acids is 1. The second kappa shape index (κ2) is 8.18. The van der Waals surface area contributed by atoms with Crippen LogP contribution < -0.4 is 4.74 Å². The minimum atomic E-state index is -0.874. The molecule has 0 atom stereocenters. The summed E-state index contributed by atoms with van der Waals surface area (Å²) in [7, 11) is 1.79. The molecular formula is C28H32O3. The molecule has 0 spiro atoms. The van der Waals surface area contributed by atoms with Gasteiger partial charge in [0.05, 0.1) is 12.7 Å². The summed E-state index contributed by atoms with van der Waals surface area (Å²) in [4.78, 5) is 11.7. The average molecular weight is 417 g/mol. The van der Waals surface area contributed by atoms with Crippen LogP contribution in [-0.2, 0) is 16.6 Å². The third-order valence-corrected chi connectivity index (χ3v) is 7.97. The predicted molar refractivity (Wildman–Crippen MR) is 123 cm³/mol. The van der Waals surface area contributed by atoms with Crippen molar-refractivity contribution >= 4 is 11.5 Å². The molecule has 4 aliphatic carbocycles. The first-order valence-electron chi connectivity index (χ1n) is 11.7. The lowest BCUT2D eigenvalue weighted by Gasteiger charge is -2.57. The molecule has 31 heavy (non-hydrogen) atoms. The smallest absolute Gasteiger partial charge is 0.335 e. The van der Waals surface area contributed by atoms with Crippen molar-refractivity contribution < 1.29 is 14.6 Å². The normalized spacial score (nSPS) is 29.2. The molecule has 0 aromatic heterocycles. The number of aliphatic carboxylic acids is 1. The molecule has 0 aliphatic heterocycles. The van der Waals surface area contributed by atoms with Crippen LogP contribution in [0.5, 0.6) is 5.75 Å². The number of rotatable bonds is 7. The molecular weight excluding hydrogens is 384 g/mol. The fourth-order valence-electron chi connectivity index (χ4n) is 7.10. The third kappa shape index (κ3) is 3.91. The van der Waals surface area contributed by atoms with E-state index < -0.39 is 5.97 Å². The highest BCUT2D eigenvalue weighted by atomic mass is 16.5. The molecule has 4 bridgehead atoms. The molecule has 4 aliphatic rings. The van der Waals surface area contributed by atoms with E-state index in [1.807, 2.05) is 36.4 Å². The van der Waals surface area contributed by atoms with Crippen molar-refractivity contribution in [3.05, 3.63) is 71.3 Å². The van der Waals surface area contributed by atoms with Gasteiger partial charge in [0.25, 0.3) is 0 Å². The highest BCUT2D eigenvalue weighted by molar-refractivity contribution is 6.15. The zero-order valence-corrected chi connectivity index (χ0v) is 18.3. The molecule has 2 aromatic rings. The summed E-state index contributed by atoms with van der Waals surface area (Å²) < 4.78 is 5.90. The summed E-state index contributed by atoms with van der Waals surface area (Å²) in [5.74, 6) is 2.89. The van der Waals surface area contributed by atoms with Crippen LogP contribution in [-0.4, -0.2) is 18.2 Å². The van der Waals surface area contributed by atoms with Crippen LogP contribution in [0.2, 0.25) is 0 Å². The molecule has 3 heteroatoms. The van der Waals surface area contributed by atoms with Crippen LogP contribution >= 0.6 is 0 Å². The number of hydrogen-bond acceptors (Lipinski definition) is 2. The van der Waals surface area contributed by atoms with Crippen molar-refractivity contribution in [2.45, 2.75) is 56.8 Å². The van der Waals surface area contributed by atoms with Gasteiger partial charge >= 0.3 is 5.97 Å². The zero-order chi connectivity index (χ0) is 21.4. The van der Waals surface area contributed by atoms with E-state index in [1.54, 1.807) is 7.11 Å². The Morgan fingerprint density at radius 3 is 2.26 bits per heavy atom. The van der Waals surface area contributed by atoms with Crippen molar-refractivity contribution in [3.8, 4) is 5.75 Å². The maximum Gasteiger partial charge on any atom is 0.335 e. The molecule has 162 valence electrons. The Hall–Kier alpha value is -2.55. The number of allylic oxidation sites excluding steroid dienone is 1. The maximum atomic E-state index is 11.7. The van der Waals surface area contributed by atoms with Gasteiger partial charge in [-0.3, -0.25) is 0 Å². The molecule has 6 rings (SSSR count). The number of carboxylic acid groups (broad SMARTS) is 1. The van der Waals surface area contributed by atoms with E-state index in [-0.39, 0.29) is 0 Å². The summed E-state index contributed by atoms with van der Waals surface area (Å²) in [5, 5.41) is 9.61. The molecule has 2 aromatic carbocycles. The Balaban J connectivity index is 1.34. The van der Waals surface area contributed by atoms with Gasteiger partial charge in [0.1, 0.15) is 5.75 Å². The van der Waals surface area contributed by atoms with Crippen LogP contribution in [0.4, 0.5) is 0 Å². The molecule has 0 unspecified atom stereocenters. The highest BCUT2D eigenvalue weighted by Gasteiger charge is 2.52. The van der Waals surface area contributed by atoms with Gasteiger partial charge in [-0.15, -0.1) is 0 Å². The predicted octanol–water partition coefficient (Wildman–Crippen LogP) is 6.26. The number of benzene rings is 2. The largest absolute Gasteiger partial charge is 0.496 e. The monoisotopic (exact) mass is 416 g/mol. The van der Waals surface area contributed by atoms with Crippen molar-refractivity contribution in [1.82, 2.24) is 0 Å². The SMILES string of the molecule is COc1cc(CCC=C(C(=O)O)c2ccccc2)ccc1C12CC3CC(CC(C3)C1)C2. The van der Waals surface area contributed by atoms with Gasteiger partial charge in [-0.2, -0.15) is 0 Å². The summed E-state index contributed by atoms with van der Waals surface area (Å²) in [6, 6.07) is 16.1. The van der Waals surface area contributed by atoms with Gasteiger partial charge in [0.2, 0.25) is 0 Å². The number of aryl methyl sites for hydroxylation is 1. The van der Waals surface area contributed by atoms with Gasteiger partial charge in [-0.1, -0.05) is 48.5 Å². The average Bonchev–Trinajstić information content (AvgIpc) is 2.76. The second-order valence-corrected chi connectivity index (χ2v) is 10.1. The standard InChI is InChI=1S/C28H32O3/c1-31-26-15-19(6-5-9-24(27(29)30)23-7-3-2-4-8-23)10-11-25(26)28-16-20-12-21(17-28)14-22(13-20)18-28/h2-4,7-11,15,20-22H,5-6,12-14,16-18H2,1H3,(H,29,30). The van der Waals surface area contributed by atoms with Crippen LogP contribution in [0.15, 0.2) is 54.6 Å². The Labute approximate surface area is 185 Å². The van der Waals surface area contributed by atoms with E-state index in [2.05, 4.69) is 18.2 Å². The second-order valence-electron chi connectivity index (χ2n) is 10.1. The Kier molecular flexibility index (Phi) is 5.37. The fourth-order valence-corrected chi connectivity index (χ4v) is 7.10. The Bertz CT molecular complexity index is 953. The Morgan fingerprint density at radius 2 is 1.68 bits per heavy atom. The van der Waals surface area contributed by atoms with Crippen molar-refractivity contribution in [2.24, 2.45) is 17.8 Å². The lowest BCUT2D eigenvalue weighted by Crippen LogP contribution is -2.48. The van der Waals surface area contributed by atoms with Gasteiger partial charge in [0, 0.05) is 5.56 Å². The molecule has 0 radical (unpaired) electrons. The van der Waals surface area contributed by atoms with E-state index in [4.69, 9.17) is 4.74 Å². The molecule has 0 amide bonds. The molecule has 0 heterocycles. The minimum absolute atomic E-state index is 0.322. The number of ether oxygens (including phenoxy) is 1. The minimum Gasteiger partial charge on any atom is -0.496 e. The maximum absolute atomic E-state index is 11.7. The van der Waals surface area contributed by atoms with E-state index >= 15 is 0 Å². The summed E-state index contributed by atoms with van der Waals surface area (Å²) in [6.45, 7) is 0. The first kappa shape index (κ1) is 20.4. The van der Waals surface area contributed by atoms with Crippen molar-refractivity contribution in [1.29, 1.82) is 0 Å². The van der Waals surface area contributed by atoms with Gasteiger partial charge in [-0.25, -0.2) is 4.79 Å². The summed E-state index contributed by atoms with van der Waals surface area (Å²) in [6.07, 6.45) is 11.7. The lowest BCUT2D eigenvalue weighted by molar-refractivity contribution is -0.130. The number of carbonyl (C=O) groups is 1. The van der Waals surface area contributed by atoms with Gasteiger partial charge in [0.15, 0.2) is 0 Å². The highest BCUT2D eigenvalue weighted by Crippen LogP contribution is 2.61. The van der Waals surface area contributed by atoms with Crippen molar-refractivity contribution in [2.75, 3.05) is 7.11 Å². The third-order valence-electron chi connectivity index (χ3n) is 7.97. The van der Waals surface area contributed by atoms with Gasteiger partial charge in [-0.05, 0) is 91.7 Å². The van der Waals surface area contributed by atoms with Crippen LogP contribution in [0.1, 0.15) is 61.6 Å². The molecule has 4 saturated carbocycles.